The second kappa shape index (κ2) is 8.76. The molecule has 0 aromatic carbocycles. The highest BCUT2D eigenvalue weighted by molar-refractivity contribution is 5.98. The Morgan fingerprint density at radius 2 is 2.10 bits per heavy atom. The van der Waals surface area contributed by atoms with E-state index in [9.17, 15) is 0 Å². The van der Waals surface area contributed by atoms with Gasteiger partial charge in [0.15, 0.2) is 0 Å². The van der Waals surface area contributed by atoms with Gasteiger partial charge in [0, 0.05) is 0 Å². The SMILES string of the molecule is CCCCCC/C=C/O[SiH3]. The third-order valence-corrected chi connectivity index (χ3v) is 1.73. The van der Waals surface area contributed by atoms with Crippen molar-refractivity contribution in [1.29, 1.82) is 0 Å². The standard InChI is InChI=1S/C8H18OSi/c1-2-3-4-5-6-7-8-9-10/h7-8H,2-6H2,1,10H3/b8-7+. The fourth-order valence-electron chi connectivity index (χ4n) is 0.853. The van der Waals surface area contributed by atoms with Crippen molar-refractivity contribution in [2.45, 2.75) is 39.0 Å². The zero-order valence-corrected chi connectivity index (χ0v) is 9.10. The minimum atomic E-state index is 0.822. The zero-order chi connectivity index (χ0) is 7.66. The van der Waals surface area contributed by atoms with Crippen molar-refractivity contribution in [2.75, 3.05) is 0 Å². The molecular weight excluding hydrogens is 140 g/mol. The van der Waals surface area contributed by atoms with Crippen molar-refractivity contribution in [3.63, 3.8) is 0 Å². The van der Waals surface area contributed by atoms with Crippen molar-refractivity contribution in [3.8, 4) is 0 Å². The Labute approximate surface area is 67.0 Å². The number of hydrogen-bond donors (Lipinski definition) is 0. The van der Waals surface area contributed by atoms with E-state index >= 15 is 0 Å². The van der Waals surface area contributed by atoms with Gasteiger partial charge in [0.1, 0.15) is 0 Å². The van der Waals surface area contributed by atoms with Gasteiger partial charge >= 0.3 is 0 Å². The first-order chi connectivity index (χ1) is 4.91. The number of hydrogen-bond acceptors (Lipinski definition) is 1. The lowest BCUT2D eigenvalue weighted by Crippen LogP contribution is -1.74. The van der Waals surface area contributed by atoms with Crippen molar-refractivity contribution in [1.82, 2.24) is 0 Å². The van der Waals surface area contributed by atoms with Crippen LogP contribution >= 0.6 is 0 Å². The molecule has 0 aliphatic heterocycles. The third-order valence-electron chi connectivity index (χ3n) is 1.46. The third kappa shape index (κ3) is 7.76. The lowest BCUT2D eigenvalue weighted by Gasteiger charge is -1.93. The minimum absolute atomic E-state index is 0.822. The van der Waals surface area contributed by atoms with Crippen LogP contribution in [0.3, 0.4) is 0 Å². The van der Waals surface area contributed by atoms with Crippen LogP contribution < -0.4 is 0 Å². The molecule has 0 saturated heterocycles. The Morgan fingerprint density at radius 1 is 1.30 bits per heavy atom. The van der Waals surface area contributed by atoms with Crippen LogP contribution in [-0.2, 0) is 4.43 Å². The lowest BCUT2D eigenvalue weighted by atomic mass is 10.2. The van der Waals surface area contributed by atoms with Gasteiger partial charge in [0.2, 0.25) is 10.5 Å². The first-order valence-corrected chi connectivity index (χ1v) is 4.91. The van der Waals surface area contributed by atoms with Crippen LogP contribution in [0.4, 0.5) is 0 Å². The van der Waals surface area contributed by atoms with Gasteiger partial charge in [-0.15, -0.1) is 0 Å². The molecule has 0 bridgehead atoms. The van der Waals surface area contributed by atoms with Crippen molar-refractivity contribution < 1.29 is 4.43 Å². The monoisotopic (exact) mass is 158 g/mol. The summed E-state index contributed by atoms with van der Waals surface area (Å²) in [5, 5.41) is 0. The molecule has 0 spiro atoms. The normalized spacial score (nSPS) is 10.9. The van der Waals surface area contributed by atoms with E-state index in [0.29, 0.717) is 0 Å². The molecular formula is C8H18OSi. The molecule has 0 radical (unpaired) electrons. The van der Waals surface area contributed by atoms with Crippen LogP contribution in [-0.4, -0.2) is 10.5 Å². The predicted molar refractivity (Wildman–Crippen MR) is 48.9 cm³/mol. The second-order valence-electron chi connectivity index (χ2n) is 2.46. The Morgan fingerprint density at radius 3 is 2.70 bits per heavy atom. The first kappa shape index (κ1) is 9.76. The van der Waals surface area contributed by atoms with E-state index in [2.05, 4.69) is 13.0 Å². The van der Waals surface area contributed by atoms with Crippen LogP contribution in [0.25, 0.3) is 0 Å². The van der Waals surface area contributed by atoms with Gasteiger partial charge in [-0.05, 0) is 12.8 Å². The molecule has 0 aliphatic carbocycles. The van der Waals surface area contributed by atoms with E-state index in [-0.39, 0.29) is 0 Å². The van der Waals surface area contributed by atoms with Crippen LogP contribution in [0.5, 0.6) is 0 Å². The summed E-state index contributed by atoms with van der Waals surface area (Å²) in [7, 11) is 0.822. The van der Waals surface area contributed by atoms with Crippen LogP contribution in [0.15, 0.2) is 12.3 Å². The highest BCUT2D eigenvalue weighted by atomic mass is 28.2. The molecule has 2 heteroatoms. The molecule has 0 N–H and O–H groups in total. The van der Waals surface area contributed by atoms with Gasteiger partial charge < -0.3 is 4.43 Å². The fraction of sp³-hybridized carbons (Fsp3) is 0.750. The average molecular weight is 158 g/mol. The Hall–Kier alpha value is -0.243. The molecule has 0 amide bonds. The first-order valence-electron chi connectivity index (χ1n) is 4.09. The summed E-state index contributed by atoms with van der Waals surface area (Å²) in [6, 6.07) is 0. The van der Waals surface area contributed by atoms with E-state index in [4.69, 9.17) is 4.43 Å². The van der Waals surface area contributed by atoms with Crippen LogP contribution in [0.1, 0.15) is 39.0 Å². The van der Waals surface area contributed by atoms with Gasteiger partial charge in [-0.25, -0.2) is 0 Å². The van der Waals surface area contributed by atoms with Crippen molar-refractivity contribution in [3.05, 3.63) is 12.3 Å². The van der Waals surface area contributed by atoms with Gasteiger partial charge in [0.05, 0.1) is 6.26 Å². The molecule has 0 rings (SSSR count). The highest BCUT2D eigenvalue weighted by Crippen LogP contribution is 2.02. The smallest absolute Gasteiger partial charge is 0.203 e. The molecule has 0 fully saturated rings. The Kier molecular flexibility index (Phi) is 8.54. The summed E-state index contributed by atoms with van der Waals surface area (Å²) in [5.41, 5.74) is 0. The lowest BCUT2D eigenvalue weighted by molar-refractivity contribution is 0.529. The summed E-state index contributed by atoms with van der Waals surface area (Å²) < 4.78 is 4.91. The van der Waals surface area contributed by atoms with Gasteiger partial charge in [-0.1, -0.05) is 32.3 Å². The maximum atomic E-state index is 4.91. The molecule has 0 saturated carbocycles. The van der Waals surface area contributed by atoms with E-state index in [1.54, 1.807) is 0 Å². The molecule has 0 aliphatic rings. The largest absolute Gasteiger partial charge is 0.559 e. The average Bonchev–Trinajstić information content (AvgIpc) is 1.97. The van der Waals surface area contributed by atoms with E-state index in [0.717, 1.165) is 10.5 Å². The fourth-order valence-corrected chi connectivity index (χ4v) is 1.05. The molecule has 1 nitrogen and oxygen atoms in total. The Bertz CT molecular complexity index is 81.3. The van der Waals surface area contributed by atoms with Crippen LogP contribution in [0, 0.1) is 0 Å². The highest BCUT2D eigenvalue weighted by Gasteiger charge is 1.83. The summed E-state index contributed by atoms with van der Waals surface area (Å²) in [6.45, 7) is 2.23. The molecule has 0 heterocycles. The molecule has 0 unspecified atom stereocenters. The predicted octanol–water partition coefficient (Wildman–Crippen LogP) is 1.77. The molecule has 0 aromatic rings. The molecule has 0 atom stereocenters. The van der Waals surface area contributed by atoms with Crippen molar-refractivity contribution >= 4 is 10.5 Å². The number of allylic oxidation sites excluding steroid dienone is 1. The minimum Gasteiger partial charge on any atom is -0.559 e. The van der Waals surface area contributed by atoms with Crippen LogP contribution in [0.2, 0.25) is 0 Å². The summed E-state index contributed by atoms with van der Waals surface area (Å²) >= 11 is 0. The van der Waals surface area contributed by atoms with E-state index in [1.807, 2.05) is 6.26 Å². The summed E-state index contributed by atoms with van der Waals surface area (Å²) in [4.78, 5) is 0. The number of unbranched alkanes of at least 4 members (excludes halogenated alkanes) is 4. The van der Waals surface area contributed by atoms with Crippen molar-refractivity contribution in [2.24, 2.45) is 0 Å². The maximum Gasteiger partial charge on any atom is 0.203 e. The van der Waals surface area contributed by atoms with Gasteiger partial charge in [0.25, 0.3) is 0 Å². The quantitative estimate of drug-likeness (QED) is 0.325. The maximum absolute atomic E-state index is 4.91. The van der Waals surface area contributed by atoms with Gasteiger partial charge in [-0.3, -0.25) is 0 Å². The molecule has 0 aromatic heterocycles. The topological polar surface area (TPSA) is 9.23 Å². The van der Waals surface area contributed by atoms with Gasteiger partial charge in [-0.2, -0.15) is 0 Å². The summed E-state index contributed by atoms with van der Waals surface area (Å²) in [6.07, 6.45) is 10.5. The van der Waals surface area contributed by atoms with E-state index < -0.39 is 0 Å². The number of rotatable bonds is 6. The Balaban J connectivity index is 2.83. The summed E-state index contributed by atoms with van der Waals surface area (Å²) in [5.74, 6) is 0. The second-order valence-corrected chi connectivity index (χ2v) is 2.93. The zero-order valence-electron chi connectivity index (χ0n) is 7.10. The molecule has 10 heavy (non-hydrogen) atoms. The van der Waals surface area contributed by atoms with E-state index in [1.165, 1.54) is 32.1 Å². The molecule has 60 valence electrons.